The van der Waals surface area contributed by atoms with Crippen LogP contribution in [0.1, 0.15) is 5.56 Å². The number of benzene rings is 3. The van der Waals surface area contributed by atoms with E-state index in [2.05, 4.69) is 115 Å². The fourth-order valence-electron chi connectivity index (χ4n) is 3.88. The molecule has 0 amide bonds. The molecule has 154 valence electrons. The van der Waals surface area contributed by atoms with Crippen LogP contribution in [0.4, 0.5) is 0 Å². The van der Waals surface area contributed by atoms with E-state index in [1.165, 1.54) is 21.5 Å². The molecule has 31 heavy (non-hydrogen) atoms. The average molecular weight is 461 g/mol. The van der Waals surface area contributed by atoms with Gasteiger partial charge in [-0.15, -0.1) is 0 Å². The van der Waals surface area contributed by atoms with E-state index in [9.17, 15) is 0 Å². The molecule has 5 rings (SSSR count). The van der Waals surface area contributed by atoms with Crippen molar-refractivity contribution < 1.29 is 17.1 Å². The molecule has 0 unspecified atom stereocenters. The zero-order valence-electron chi connectivity index (χ0n) is 17.4. The van der Waals surface area contributed by atoms with Crippen LogP contribution in [0.15, 0.2) is 146 Å². The SMILES string of the molecule is [Fe+2].c1cc[cH-]c1.c1ccc([P+](Cc2cc[cH-]c2)(c2ccccc2)c2ccccc2)cc1. The molecular formula is C29H26FeP+. The van der Waals surface area contributed by atoms with Crippen molar-refractivity contribution in [1.82, 2.24) is 0 Å². The van der Waals surface area contributed by atoms with Crippen molar-refractivity contribution in [3.63, 3.8) is 0 Å². The first-order valence-electron chi connectivity index (χ1n) is 10.3. The van der Waals surface area contributed by atoms with E-state index in [0.29, 0.717) is 0 Å². The summed E-state index contributed by atoms with van der Waals surface area (Å²) in [4.78, 5) is 0. The smallest absolute Gasteiger partial charge is 0.214 e. The van der Waals surface area contributed by atoms with Crippen molar-refractivity contribution in [2.24, 2.45) is 0 Å². The Morgan fingerprint density at radius 1 is 0.484 bits per heavy atom. The van der Waals surface area contributed by atoms with Crippen molar-refractivity contribution in [2.75, 3.05) is 0 Å². The normalized spacial score (nSPS) is 10.5. The number of hydrogen-bond donors (Lipinski definition) is 0. The molecule has 0 radical (unpaired) electrons. The van der Waals surface area contributed by atoms with E-state index in [0.717, 1.165) is 6.16 Å². The second-order valence-electron chi connectivity index (χ2n) is 7.23. The summed E-state index contributed by atoms with van der Waals surface area (Å²) < 4.78 is 0. The molecule has 0 aliphatic carbocycles. The van der Waals surface area contributed by atoms with Crippen molar-refractivity contribution in [3.05, 3.63) is 151 Å². The van der Waals surface area contributed by atoms with Crippen LogP contribution in [-0.2, 0) is 23.2 Å². The van der Waals surface area contributed by atoms with Gasteiger partial charge in [-0.25, -0.2) is 18.2 Å². The summed E-state index contributed by atoms with van der Waals surface area (Å²) in [6.45, 7) is 0. The van der Waals surface area contributed by atoms with Crippen LogP contribution < -0.4 is 15.9 Å². The number of rotatable bonds is 5. The summed E-state index contributed by atoms with van der Waals surface area (Å²) in [6, 6.07) is 51.9. The Labute approximate surface area is 197 Å². The fraction of sp³-hybridized carbons (Fsp3) is 0.0345. The molecule has 0 aliphatic rings. The van der Waals surface area contributed by atoms with E-state index in [1.807, 2.05) is 30.3 Å². The van der Waals surface area contributed by atoms with Gasteiger partial charge in [0, 0.05) is 6.16 Å². The van der Waals surface area contributed by atoms with Crippen molar-refractivity contribution in [3.8, 4) is 0 Å². The van der Waals surface area contributed by atoms with E-state index in [4.69, 9.17) is 0 Å². The van der Waals surface area contributed by atoms with Gasteiger partial charge in [-0.1, -0.05) is 54.6 Å². The summed E-state index contributed by atoms with van der Waals surface area (Å²) in [7, 11) is -1.74. The monoisotopic (exact) mass is 461 g/mol. The van der Waals surface area contributed by atoms with Crippen molar-refractivity contribution >= 4 is 23.2 Å². The minimum Gasteiger partial charge on any atom is -0.214 e. The molecule has 5 aromatic rings. The van der Waals surface area contributed by atoms with Gasteiger partial charge >= 0.3 is 17.1 Å². The van der Waals surface area contributed by atoms with Crippen LogP contribution in [-0.4, -0.2) is 0 Å². The van der Waals surface area contributed by atoms with Gasteiger partial charge in [0.2, 0.25) is 0 Å². The van der Waals surface area contributed by atoms with E-state index in [-0.39, 0.29) is 17.1 Å². The third-order valence-corrected chi connectivity index (χ3v) is 9.68. The summed E-state index contributed by atoms with van der Waals surface area (Å²) >= 11 is 0. The quantitative estimate of drug-likeness (QED) is 0.164. The van der Waals surface area contributed by atoms with Crippen molar-refractivity contribution in [1.29, 1.82) is 0 Å². The van der Waals surface area contributed by atoms with Gasteiger partial charge in [-0.05, 0) is 36.4 Å². The standard InChI is InChI=1S/C24H21P.C5H5.Fe/c1-4-14-22(15-5-1)25(20-21-12-10-11-13-21,23-16-6-2-7-17-23)24-18-8-3-9-19-24;1-2-4-5-3-1;/h1-19H,20H2;1-5H;/q;-1;+2. The minimum atomic E-state index is -1.74. The third kappa shape index (κ3) is 5.52. The van der Waals surface area contributed by atoms with Gasteiger partial charge in [0.05, 0.1) is 0 Å². The molecule has 0 spiro atoms. The van der Waals surface area contributed by atoms with Gasteiger partial charge in [0.15, 0.2) is 0 Å². The number of hydrogen-bond acceptors (Lipinski definition) is 0. The first kappa shape index (κ1) is 23.0. The zero-order valence-corrected chi connectivity index (χ0v) is 19.4. The Balaban J connectivity index is 0.000000401. The van der Waals surface area contributed by atoms with E-state index >= 15 is 0 Å². The molecule has 0 N–H and O–H groups in total. The second kappa shape index (κ2) is 11.6. The molecule has 0 atom stereocenters. The van der Waals surface area contributed by atoms with Gasteiger partial charge in [0.1, 0.15) is 23.2 Å². The van der Waals surface area contributed by atoms with Gasteiger partial charge in [-0.2, -0.15) is 42.0 Å². The Bertz CT molecular complexity index is 970. The first-order chi connectivity index (χ1) is 14.9. The Morgan fingerprint density at radius 3 is 1.26 bits per heavy atom. The van der Waals surface area contributed by atoms with Crippen LogP contribution >= 0.6 is 7.26 Å². The summed E-state index contributed by atoms with van der Waals surface area (Å²) in [5, 5.41) is 4.32. The molecule has 0 heterocycles. The largest absolute Gasteiger partial charge is 2.00 e. The molecule has 0 bridgehead atoms. The molecule has 5 aromatic carbocycles. The Morgan fingerprint density at radius 2 is 0.935 bits per heavy atom. The molecule has 0 aromatic heterocycles. The van der Waals surface area contributed by atoms with Crippen LogP contribution in [0.5, 0.6) is 0 Å². The molecule has 0 saturated heterocycles. The molecule has 0 aliphatic heterocycles. The summed E-state index contributed by atoms with van der Waals surface area (Å²) in [5.41, 5.74) is 1.41. The van der Waals surface area contributed by atoms with E-state index < -0.39 is 7.26 Å². The summed E-state index contributed by atoms with van der Waals surface area (Å²) in [5.74, 6) is 0. The third-order valence-electron chi connectivity index (χ3n) is 5.30. The van der Waals surface area contributed by atoms with E-state index in [1.54, 1.807) is 0 Å². The van der Waals surface area contributed by atoms with Gasteiger partial charge in [-0.3, -0.25) is 0 Å². The van der Waals surface area contributed by atoms with Crippen LogP contribution in [0.25, 0.3) is 0 Å². The molecule has 0 nitrogen and oxygen atoms in total. The van der Waals surface area contributed by atoms with Gasteiger partial charge in [0.25, 0.3) is 0 Å². The van der Waals surface area contributed by atoms with Crippen LogP contribution in [0, 0.1) is 0 Å². The molecular weight excluding hydrogens is 435 g/mol. The topological polar surface area (TPSA) is 0 Å². The fourth-order valence-corrected chi connectivity index (χ4v) is 8.13. The Hall–Kier alpha value is -2.69. The van der Waals surface area contributed by atoms with Crippen LogP contribution in [0.2, 0.25) is 0 Å². The average Bonchev–Trinajstić information content (AvgIpc) is 3.56. The van der Waals surface area contributed by atoms with Crippen molar-refractivity contribution in [2.45, 2.75) is 6.16 Å². The maximum Gasteiger partial charge on any atom is 2.00 e. The zero-order chi connectivity index (χ0) is 20.5. The molecule has 2 heteroatoms. The maximum absolute atomic E-state index is 2.30. The Kier molecular flexibility index (Phi) is 8.63. The predicted molar refractivity (Wildman–Crippen MR) is 133 cm³/mol. The second-order valence-corrected chi connectivity index (χ2v) is 10.7. The van der Waals surface area contributed by atoms with Gasteiger partial charge < -0.3 is 0 Å². The summed E-state index contributed by atoms with van der Waals surface area (Å²) in [6.07, 6.45) is 1.05. The molecule has 0 fully saturated rings. The molecule has 0 saturated carbocycles. The maximum atomic E-state index is 2.30. The minimum absolute atomic E-state index is 0. The predicted octanol–water partition coefficient (Wildman–Crippen LogP) is 6.30. The first-order valence-corrected chi connectivity index (χ1v) is 12.3. The van der Waals surface area contributed by atoms with Crippen LogP contribution in [0.3, 0.4) is 0 Å².